The van der Waals surface area contributed by atoms with Gasteiger partial charge in [-0.25, -0.2) is 21.8 Å². The number of nitrogens with zero attached hydrogens (tertiary/aromatic N) is 3. The zero-order chi connectivity index (χ0) is 24.5. The predicted molar refractivity (Wildman–Crippen MR) is 134 cm³/mol. The molecule has 0 atom stereocenters. The second kappa shape index (κ2) is 9.80. The van der Waals surface area contributed by atoms with Gasteiger partial charge in [-0.3, -0.25) is 4.79 Å². The molecule has 1 saturated heterocycles. The summed E-state index contributed by atoms with van der Waals surface area (Å²) in [4.78, 5) is 21.5. The van der Waals surface area contributed by atoms with Crippen molar-refractivity contribution in [3.8, 4) is 0 Å². The Morgan fingerprint density at radius 2 is 1.65 bits per heavy atom. The van der Waals surface area contributed by atoms with Crippen molar-refractivity contribution in [1.82, 2.24) is 9.88 Å². The molecule has 4 rings (SSSR count). The molecule has 0 radical (unpaired) electrons. The predicted octanol–water partition coefficient (Wildman–Crippen LogP) is 3.26. The lowest BCUT2D eigenvalue weighted by Gasteiger charge is -2.34. The summed E-state index contributed by atoms with van der Waals surface area (Å²) >= 11 is 7.24. The molecule has 0 spiro atoms. The Morgan fingerprint density at radius 3 is 2.29 bits per heavy atom. The first-order valence-corrected chi connectivity index (χ1v) is 15.4. The number of hydrogen-bond acceptors (Lipinski definition) is 8. The van der Waals surface area contributed by atoms with Gasteiger partial charge < -0.3 is 9.80 Å². The molecule has 2 heterocycles. The standard InChI is InChI=1S/C22H24ClN3O5S3/c1-33(28,29)18-8-9-19-20(15-18)32-22(24-19)26-12-10-25(11-13-26)21(27)3-2-14-34(30,31)17-6-4-16(23)5-7-17/h4-9,15H,2-3,10-14H2,1H3. The summed E-state index contributed by atoms with van der Waals surface area (Å²) < 4.78 is 49.3. The second-order valence-corrected chi connectivity index (χ2v) is 13.7. The molecule has 12 heteroatoms. The number of fused-ring (bicyclic) bond motifs is 1. The van der Waals surface area contributed by atoms with Crippen molar-refractivity contribution in [2.45, 2.75) is 22.6 Å². The van der Waals surface area contributed by atoms with Gasteiger partial charge in [0.05, 0.1) is 25.8 Å². The lowest BCUT2D eigenvalue weighted by molar-refractivity contribution is -0.131. The van der Waals surface area contributed by atoms with E-state index in [0.29, 0.717) is 31.2 Å². The van der Waals surface area contributed by atoms with Crippen LogP contribution in [0.3, 0.4) is 0 Å². The number of halogens is 1. The van der Waals surface area contributed by atoms with Gasteiger partial charge in [-0.05, 0) is 48.9 Å². The molecule has 1 aromatic heterocycles. The van der Waals surface area contributed by atoms with Gasteiger partial charge in [-0.1, -0.05) is 22.9 Å². The van der Waals surface area contributed by atoms with Crippen molar-refractivity contribution in [3.63, 3.8) is 0 Å². The highest BCUT2D eigenvalue weighted by molar-refractivity contribution is 7.91. The minimum absolute atomic E-state index is 0.0620. The lowest BCUT2D eigenvalue weighted by atomic mass is 10.2. The van der Waals surface area contributed by atoms with Crippen molar-refractivity contribution >= 4 is 63.9 Å². The van der Waals surface area contributed by atoms with E-state index in [1.807, 2.05) is 0 Å². The number of carbonyl (C=O) groups excluding carboxylic acids is 1. The molecule has 8 nitrogen and oxygen atoms in total. The van der Waals surface area contributed by atoms with Crippen LogP contribution < -0.4 is 4.90 Å². The molecule has 3 aromatic rings. The summed E-state index contributed by atoms with van der Waals surface area (Å²) in [5.74, 6) is -0.158. The van der Waals surface area contributed by atoms with Crippen LogP contribution in [0.5, 0.6) is 0 Å². The largest absolute Gasteiger partial charge is 0.345 e. The van der Waals surface area contributed by atoms with E-state index in [9.17, 15) is 21.6 Å². The number of anilines is 1. The average Bonchev–Trinajstić information content (AvgIpc) is 3.22. The van der Waals surface area contributed by atoms with E-state index in [0.717, 1.165) is 15.3 Å². The fraction of sp³-hybridized carbons (Fsp3) is 0.364. The van der Waals surface area contributed by atoms with Gasteiger partial charge in [0.25, 0.3) is 0 Å². The van der Waals surface area contributed by atoms with Gasteiger partial charge in [-0.15, -0.1) is 0 Å². The Morgan fingerprint density at radius 1 is 1.00 bits per heavy atom. The van der Waals surface area contributed by atoms with Gasteiger partial charge in [0.15, 0.2) is 24.8 Å². The fourth-order valence-corrected chi connectivity index (χ4v) is 6.95. The molecule has 0 saturated carbocycles. The van der Waals surface area contributed by atoms with Crippen molar-refractivity contribution in [3.05, 3.63) is 47.5 Å². The minimum Gasteiger partial charge on any atom is -0.345 e. The number of aromatic nitrogens is 1. The Hall–Kier alpha value is -2.21. The summed E-state index contributed by atoms with van der Waals surface area (Å²) in [6.45, 7) is 2.25. The topological polar surface area (TPSA) is 105 Å². The summed E-state index contributed by atoms with van der Waals surface area (Å²) in [7, 11) is -6.74. The summed E-state index contributed by atoms with van der Waals surface area (Å²) in [5, 5.41) is 1.26. The molecule has 182 valence electrons. The Bertz CT molecular complexity index is 1410. The number of benzene rings is 2. The highest BCUT2D eigenvalue weighted by Crippen LogP contribution is 2.31. The van der Waals surface area contributed by atoms with Gasteiger partial charge >= 0.3 is 0 Å². The van der Waals surface area contributed by atoms with Crippen LogP contribution in [0.4, 0.5) is 5.13 Å². The molecular weight excluding hydrogens is 518 g/mol. The zero-order valence-corrected chi connectivity index (χ0v) is 21.7. The highest BCUT2D eigenvalue weighted by atomic mass is 35.5. The van der Waals surface area contributed by atoms with E-state index >= 15 is 0 Å². The number of rotatable bonds is 7. The smallest absolute Gasteiger partial charge is 0.222 e. The lowest BCUT2D eigenvalue weighted by Crippen LogP contribution is -2.48. The van der Waals surface area contributed by atoms with Crippen molar-refractivity contribution in [2.75, 3.05) is 43.1 Å². The molecule has 0 aliphatic carbocycles. The third-order valence-electron chi connectivity index (χ3n) is 5.66. The molecule has 0 N–H and O–H groups in total. The van der Waals surface area contributed by atoms with E-state index in [4.69, 9.17) is 11.6 Å². The van der Waals surface area contributed by atoms with E-state index in [1.165, 1.54) is 41.9 Å². The normalized spacial score (nSPS) is 15.1. The van der Waals surface area contributed by atoms with Crippen molar-refractivity contribution in [1.29, 1.82) is 0 Å². The van der Waals surface area contributed by atoms with Crippen LogP contribution in [0.25, 0.3) is 10.2 Å². The van der Waals surface area contributed by atoms with Gasteiger partial charge in [-0.2, -0.15) is 0 Å². The molecule has 1 aliphatic heterocycles. The first kappa shape index (κ1) is 24.9. The van der Waals surface area contributed by atoms with E-state index in [1.54, 1.807) is 23.1 Å². The number of piperazine rings is 1. The molecule has 0 bridgehead atoms. The Labute approximate surface area is 208 Å². The van der Waals surface area contributed by atoms with E-state index in [-0.39, 0.29) is 34.3 Å². The van der Waals surface area contributed by atoms with Crippen LogP contribution >= 0.6 is 22.9 Å². The van der Waals surface area contributed by atoms with Crippen LogP contribution in [0.15, 0.2) is 52.3 Å². The van der Waals surface area contributed by atoms with Crippen LogP contribution in [-0.4, -0.2) is 70.8 Å². The number of thiazole rings is 1. The quantitative estimate of drug-likeness (QED) is 0.452. The molecular formula is C22H24ClN3O5S3. The Balaban J connectivity index is 1.30. The van der Waals surface area contributed by atoms with Crippen LogP contribution in [0.2, 0.25) is 5.02 Å². The number of sulfone groups is 2. The minimum atomic E-state index is -3.46. The summed E-state index contributed by atoms with van der Waals surface area (Å²) in [6, 6.07) is 10.9. The maximum absolute atomic E-state index is 12.6. The molecule has 1 amide bonds. The van der Waals surface area contributed by atoms with E-state index in [2.05, 4.69) is 9.88 Å². The zero-order valence-electron chi connectivity index (χ0n) is 18.5. The monoisotopic (exact) mass is 541 g/mol. The molecule has 1 aliphatic rings. The first-order chi connectivity index (χ1) is 16.0. The summed E-state index contributed by atoms with van der Waals surface area (Å²) in [5.41, 5.74) is 0.743. The third-order valence-corrected chi connectivity index (χ3v) is 9.91. The fourth-order valence-electron chi connectivity index (χ4n) is 3.74. The second-order valence-electron chi connectivity index (χ2n) is 8.14. The van der Waals surface area contributed by atoms with E-state index < -0.39 is 19.7 Å². The molecule has 2 aromatic carbocycles. The third kappa shape index (κ3) is 5.70. The van der Waals surface area contributed by atoms with Gasteiger partial charge in [0, 0.05) is 43.9 Å². The molecule has 0 unspecified atom stereocenters. The van der Waals surface area contributed by atoms with Crippen LogP contribution in [0.1, 0.15) is 12.8 Å². The van der Waals surface area contributed by atoms with Crippen LogP contribution in [0, 0.1) is 0 Å². The number of carbonyl (C=O) groups is 1. The highest BCUT2D eigenvalue weighted by Gasteiger charge is 2.24. The van der Waals surface area contributed by atoms with Crippen molar-refractivity contribution < 1.29 is 21.6 Å². The van der Waals surface area contributed by atoms with Crippen molar-refractivity contribution in [2.24, 2.45) is 0 Å². The number of hydrogen-bond donors (Lipinski definition) is 0. The molecule has 1 fully saturated rings. The first-order valence-electron chi connectivity index (χ1n) is 10.6. The maximum Gasteiger partial charge on any atom is 0.222 e. The Kier molecular flexibility index (Phi) is 7.18. The maximum atomic E-state index is 12.6. The van der Waals surface area contributed by atoms with Gasteiger partial charge in [0.2, 0.25) is 5.91 Å². The SMILES string of the molecule is CS(=O)(=O)c1ccc2nc(N3CCN(C(=O)CCCS(=O)(=O)c4ccc(Cl)cc4)CC3)sc2c1. The summed E-state index contributed by atoms with van der Waals surface area (Å²) in [6.07, 6.45) is 1.60. The van der Waals surface area contributed by atoms with Gasteiger partial charge in [0.1, 0.15) is 0 Å². The average molecular weight is 542 g/mol. The number of amides is 1. The van der Waals surface area contributed by atoms with Crippen LogP contribution in [-0.2, 0) is 24.5 Å². The molecule has 34 heavy (non-hydrogen) atoms.